The molecule has 0 saturated heterocycles. The van der Waals surface area contributed by atoms with Crippen molar-refractivity contribution in [1.29, 1.82) is 0 Å². The second-order valence-corrected chi connectivity index (χ2v) is 5.91. The van der Waals surface area contributed by atoms with Crippen molar-refractivity contribution in [2.45, 2.75) is 25.7 Å². The molecule has 0 fully saturated rings. The normalized spacial score (nSPS) is 21.0. The SMILES string of the molecule is CC1[CH-]C2=C([CH-]C(C)c3ccccc32)c2ccccc21.[Y].[Y]. The number of allylic oxidation sites excluding steroid dienone is 2. The molecule has 0 bridgehead atoms. The van der Waals surface area contributed by atoms with Gasteiger partial charge in [-0.2, -0.15) is 11.1 Å². The summed E-state index contributed by atoms with van der Waals surface area (Å²) in [6.07, 6.45) is 4.86. The summed E-state index contributed by atoms with van der Waals surface area (Å²) in [5.41, 5.74) is 8.58. The monoisotopic (exact) mass is 436 g/mol. The van der Waals surface area contributed by atoms with Crippen LogP contribution in [0.5, 0.6) is 0 Å². The number of fused-ring (bicyclic) bond motifs is 4. The van der Waals surface area contributed by atoms with E-state index in [2.05, 4.69) is 75.2 Å². The van der Waals surface area contributed by atoms with E-state index in [0.717, 1.165) is 0 Å². The quantitative estimate of drug-likeness (QED) is 0.496. The first-order valence-electron chi connectivity index (χ1n) is 7.38. The molecule has 0 nitrogen and oxygen atoms in total. The molecule has 22 heavy (non-hydrogen) atoms. The van der Waals surface area contributed by atoms with Crippen molar-refractivity contribution in [2.24, 2.45) is 0 Å². The maximum atomic E-state index is 2.43. The van der Waals surface area contributed by atoms with Crippen LogP contribution in [0.25, 0.3) is 11.1 Å². The number of rotatable bonds is 0. The molecule has 0 amide bonds. The first-order valence-corrected chi connectivity index (χ1v) is 7.38. The van der Waals surface area contributed by atoms with Gasteiger partial charge in [0.25, 0.3) is 0 Å². The molecule has 106 valence electrons. The van der Waals surface area contributed by atoms with Crippen LogP contribution in [-0.2, 0) is 65.4 Å². The van der Waals surface area contributed by atoms with Gasteiger partial charge in [0, 0.05) is 65.4 Å². The third-order valence-electron chi connectivity index (χ3n) is 4.61. The molecule has 0 heterocycles. The molecule has 0 saturated carbocycles. The average molecular weight is 436 g/mol. The molecule has 0 N–H and O–H groups in total. The summed E-state index contributed by atoms with van der Waals surface area (Å²) in [5.74, 6) is 0.972. The Kier molecular flexibility index (Phi) is 6.17. The number of hydrogen-bond donors (Lipinski definition) is 0. The Labute approximate surface area is 183 Å². The first kappa shape index (κ1) is 18.5. The molecule has 0 aromatic heterocycles. The van der Waals surface area contributed by atoms with Crippen molar-refractivity contribution in [3.8, 4) is 0 Å². The molecule has 2 unspecified atom stereocenters. The fourth-order valence-corrected chi connectivity index (χ4v) is 3.61. The Morgan fingerprint density at radius 1 is 0.636 bits per heavy atom. The minimum absolute atomic E-state index is 0. The fraction of sp³-hybridized carbons (Fsp3) is 0.200. The number of benzene rings is 2. The van der Waals surface area contributed by atoms with Gasteiger partial charge in [0.15, 0.2) is 0 Å². The molecule has 2 aromatic rings. The molecular weight excluding hydrogens is 418 g/mol. The van der Waals surface area contributed by atoms with Gasteiger partial charge in [0.1, 0.15) is 0 Å². The van der Waals surface area contributed by atoms with Gasteiger partial charge in [-0.1, -0.05) is 62.1 Å². The van der Waals surface area contributed by atoms with Gasteiger partial charge in [-0.25, -0.2) is 12.8 Å². The van der Waals surface area contributed by atoms with Crippen molar-refractivity contribution in [3.05, 3.63) is 83.6 Å². The van der Waals surface area contributed by atoms with E-state index in [9.17, 15) is 0 Å². The Hall–Kier alpha value is 0.128. The summed E-state index contributed by atoms with van der Waals surface area (Å²) >= 11 is 0. The van der Waals surface area contributed by atoms with Crippen molar-refractivity contribution >= 4 is 11.1 Å². The molecule has 2 heteroatoms. The number of hydrogen-bond acceptors (Lipinski definition) is 0. The third-order valence-corrected chi connectivity index (χ3v) is 4.61. The van der Waals surface area contributed by atoms with E-state index in [0.29, 0.717) is 11.8 Å². The zero-order valence-corrected chi connectivity index (χ0v) is 18.8. The zero-order valence-electron chi connectivity index (χ0n) is 13.1. The van der Waals surface area contributed by atoms with E-state index >= 15 is 0 Å². The molecule has 0 aliphatic heterocycles. The van der Waals surface area contributed by atoms with Gasteiger partial charge < -0.3 is 0 Å². The van der Waals surface area contributed by atoms with Crippen molar-refractivity contribution in [2.75, 3.05) is 0 Å². The van der Waals surface area contributed by atoms with Crippen LogP contribution in [0.4, 0.5) is 0 Å². The van der Waals surface area contributed by atoms with E-state index in [1.165, 1.54) is 33.4 Å². The maximum Gasteiger partial charge on any atom is 0 e. The van der Waals surface area contributed by atoms with Gasteiger partial charge in [0.05, 0.1) is 0 Å². The molecule has 4 rings (SSSR count). The molecule has 0 spiro atoms. The van der Waals surface area contributed by atoms with Crippen LogP contribution in [0.3, 0.4) is 0 Å². The predicted octanol–water partition coefficient (Wildman–Crippen LogP) is 5.24. The van der Waals surface area contributed by atoms with Gasteiger partial charge >= 0.3 is 0 Å². The second-order valence-electron chi connectivity index (χ2n) is 5.91. The van der Waals surface area contributed by atoms with Gasteiger partial charge in [-0.3, -0.25) is 11.1 Å². The smallest absolute Gasteiger partial charge is 0 e. The topological polar surface area (TPSA) is 0 Å². The second kappa shape index (κ2) is 7.35. The summed E-state index contributed by atoms with van der Waals surface area (Å²) < 4.78 is 0. The van der Waals surface area contributed by atoms with Crippen LogP contribution in [0.2, 0.25) is 0 Å². The van der Waals surface area contributed by atoms with Crippen LogP contribution in [0.15, 0.2) is 48.5 Å². The van der Waals surface area contributed by atoms with Crippen molar-refractivity contribution in [1.82, 2.24) is 0 Å². The Balaban J connectivity index is 0.000000882. The van der Waals surface area contributed by atoms with Crippen LogP contribution < -0.4 is 0 Å². The molecule has 2 aliphatic carbocycles. The summed E-state index contributed by atoms with van der Waals surface area (Å²) in [5, 5.41) is 0. The summed E-state index contributed by atoms with van der Waals surface area (Å²) in [4.78, 5) is 0. The van der Waals surface area contributed by atoms with E-state index < -0.39 is 0 Å². The van der Waals surface area contributed by atoms with E-state index in [1.807, 2.05) is 0 Å². The largest absolute Gasteiger partial charge is 0.288 e. The van der Waals surface area contributed by atoms with Crippen LogP contribution >= 0.6 is 0 Å². The van der Waals surface area contributed by atoms with E-state index in [-0.39, 0.29) is 65.4 Å². The standard InChI is InChI=1S/C20H18.2Y/c1-13-11-19-18-10-6-4-8-16(18)14(2)12-20(19)17-9-5-3-7-15(13)17;;/h3-14H,1-2H3;;/q-2;;. The summed E-state index contributed by atoms with van der Waals surface area (Å²) in [7, 11) is 0. The Morgan fingerprint density at radius 3 is 1.41 bits per heavy atom. The Bertz CT molecular complexity index is 654. The van der Waals surface area contributed by atoms with Crippen LogP contribution in [-0.4, -0.2) is 0 Å². The van der Waals surface area contributed by atoms with E-state index in [1.54, 1.807) is 0 Å². The molecule has 2 aliphatic rings. The minimum Gasteiger partial charge on any atom is -0.288 e. The van der Waals surface area contributed by atoms with Crippen LogP contribution in [0, 0.1) is 12.8 Å². The van der Waals surface area contributed by atoms with Crippen molar-refractivity contribution < 1.29 is 65.4 Å². The van der Waals surface area contributed by atoms with Gasteiger partial charge in [-0.15, -0.1) is 23.3 Å². The van der Waals surface area contributed by atoms with Crippen molar-refractivity contribution in [3.63, 3.8) is 0 Å². The maximum absolute atomic E-state index is 2.43. The summed E-state index contributed by atoms with van der Waals surface area (Å²) in [6, 6.07) is 17.7. The summed E-state index contributed by atoms with van der Waals surface area (Å²) in [6.45, 7) is 4.59. The zero-order chi connectivity index (χ0) is 13.7. The molecular formula is C20H18Y2-2. The third kappa shape index (κ3) is 2.93. The van der Waals surface area contributed by atoms with Gasteiger partial charge in [-0.05, 0) is 0 Å². The van der Waals surface area contributed by atoms with Crippen LogP contribution in [0.1, 0.15) is 47.9 Å². The molecule has 2 aromatic carbocycles. The average Bonchev–Trinajstić information content (AvgIpc) is 2.49. The van der Waals surface area contributed by atoms with Gasteiger partial charge in [0.2, 0.25) is 0 Å². The minimum atomic E-state index is 0. The predicted molar refractivity (Wildman–Crippen MR) is 85.1 cm³/mol. The fourth-order valence-electron chi connectivity index (χ4n) is 3.61. The van der Waals surface area contributed by atoms with E-state index in [4.69, 9.17) is 0 Å². The molecule has 2 radical (unpaired) electrons. The first-order chi connectivity index (χ1) is 9.75. The Morgan fingerprint density at radius 2 is 1.00 bits per heavy atom. The molecule has 2 atom stereocenters.